The first-order valence-corrected chi connectivity index (χ1v) is 8.81. The number of fused-ring (bicyclic) bond motifs is 1. The van der Waals surface area contributed by atoms with E-state index in [0.29, 0.717) is 18.2 Å². The van der Waals surface area contributed by atoms with E-state index in [0.717, 1.165) is 21.3 Å². The molecule has 0 saturated heterocycles. The van der Waals surface area contributed by atoms with Crippen molar-refractivity contribution in [3.05, 3.63) is 41.5 Å². The minimum absolute atomic E-state index is 0.567. The van der Waals surface area contributed by atoms with E-state index in [9.17, 15) is 9.90 Å². The minimum Gasteiger partial charge on any atom is -0.480 e. The van der Waals surface area contributed by atoms with Crippen LogP contribution in [0.25, 0.3) is 21.3 Å². The molecule has 7 heteroatoms. The zero-order valence-electron chi connectivity index (χ0n) is 14.4. The minimum atomic E-state index is -0.919. The van der Waals surface area contributed by atoms with E-state index in [1.54, 1.807) is 18.3 Å². The number of aromatic nitrogens is 2. The Bertz CT molecular complexity index is 893. The van der Waals surface area contributed by atoms with Gasteiger partial charge in [0.15, 0.2) is 0 Å². The van der Waals surface area contributed by atoms with Crippen LogP contribution in [0.3, 0.4) is 0 Å². The maximum Gasteiger partial charge on any atom is 0.325 e. The topological polar surface area (TPSA) is 78.4 Å². The molecule has 130 valence electrons. The Labute approximate surface area is 150 Å². The SMILES string of the molecule is C[C@@H](Nc1nc(CN(C)C)nc2scc(-c3ccccc3)c12)C(=O)O. The van der Waals surface area contributed by atoms with Crippen molar-refractivity contribution in [3.8, 4) is 11.1 Å². The number of rotatable bonds is 6. The number of nitrogens with zero attached hydrogens (tertiary/aromatic N) is 3. The molecule has 0 bridgehead atoms. The van der Waals surface area contributed by atoms with Crippen LogP contribution < -0.4 is 5.32 Å². The Hall–Kier alpha value is -2.51. The molecule has 0 fully saturated rings. The predicted octanol–water partition coefficient (Wildman–Crippen LogP) is 3.30. The molecule has 2 N–H and O–H groups in total. The smallest absolute Gasteiger partial charge is 0.325 e. The van der Waals surface area contributed by atoms with Gasteiger partial charge in [-0.05, 0) is 26.6 Å². The maximum atomic E-state index is 11.3. The van der Waals surface area contributed by atoms with Crippen LogP contribution in [0.1, 0.15) is 12.7 Å². The molecule has 25 heavy (non-hydrogen) atoms. The number of carboxylic acids is 1. The summed E-state index contributed by atoms with van der Waals surface area (Å²) >= 11 is 1.54. The first-order chi connectivity index (χ1) is 12.0. The highest BCUT2D eigenvalue weighted by Crippen LogP contribution is 2.37. The average molecular weight is 356 g/mol. The Morgan fingerprint density at radius 3 is 2.64 bits per heavy atom. The quantitative estimate of drug-likeness (QED) is 0.705. The van der Waals surface area contributed by atoms with Crippen LogP contribution in [0.15, 0.2) is 35.7 Å². The van der Waals surface area contributed by atoms with Crippen LogP contribution in [0, 0.1) is 0 Å². The lowest BCUT2D eigenvalue weighted by atomic mass is 10.1. The van der Waals surface area contributed by atoms with E-state index in [1.807, 2.05) is 54.7 Å². The van der Waals surface area contributed by atoms with Gasteiger partial charge in [0.25, 0.3) is 0 Å². The third kappa shape index (κ3) is 3.78. The number of thiophene rings is 1. The van der Waals surface area contributed by atoms with Crippen molar-refractivity contribution in [2.45, 2.75) is 19.5 Å². The van der Waals surface area contributed by atoms with Crippen molar-refractivity contribution in [2.24, 2.45) is 0 Å². The van der Waals surface area contributed by atoms with E-state index in [4.69, 9.17) is 0 Å². The predicted molar refractivity (Wildman–Crippen MR) is 101 cm³/mol. The number of carboxylic acid groups (broad SMARTS) is 1. The molecule has 3 rings (SSSR count). The molecule has 0 unspecified atom stereocenters. The van der Waals surface area contributed by atoms with Crippen molar-refractivity contribution in [3.63, 3.8) is 0 Å². The molecule has 6 nitrogen and oxygen atoms in total. The molecule has 0 spiro atoms. The molecule has 0 saturated carbocycles. The largest absolute Gasteiger partial charge is 0.480 e. The lowest BCUT2D eigenvalue weighted by molar-refractivity contribution is -0.137. The summed E-state index contributed by atoms with van der Waals surface area (Å²) in [5.41, 5.74) is 2.07. The first kappa shape index (κ1) is 17.3. The molecule has 0 aliphatic rings. The van der Waals surface area contributed by atoms with E-state index < -0.39 is 12.0 Å². The molecular weight excluding hydrogens is 336 g/mol. The van der Waals surface area contributed by atoms with Gasteiger partial charge in [-0.3, -0.25) is 4.79 Å². The standard InChI is InChI=1S/C18H20N4O2S/c1-11(18(23)24)19-16-15-13(12-7-5-4-6-8-12)10-25-17(15)21-14(20-16)9-22(2)3/h4-8,10-11H,9H2,1-3H3,(H,23,24)(H,19,20,21)/t11-/m1/s1. The number of anilines is 1. The fourth-order valence-corrected chi connectivity index (χ4v) is 3.51. The van der Waals surface area contributed by atoms with Gasteiger partial charge < -0.3 is 15.3 Å². The fraction of sp³-hybridized carbons (Fsp3) is 0.278. The number of hydrogen-bond acceptors (Lipinski definition) is 6. The summed E-state index contributed by atoms with van der Waals surface area (Å²) in [7, 11) is 3.90. The molecule has 0 aliphatic carbocycles. The molecule has 0 radical (unpaired) electrons. The van der Waals surface area contributed by atoms with Crippen LogP contribution in [-0.2, 0) is 11.3 Å². The van der Waals surface area contributed by atoms with Gasteiger partial charge in [-0.25, -0.2) is 9.97 Å². The zero-order valence-corrected chi connectivity index (χ0v) is 15.2. The van der Waals surface area contributed by atoms with Crippen LogP contribution >= 0.6 is 11.3 Å². The van der Waals surface area contributed by atoms with Gasteiger partial charge in [-0.2, -0.15) is 0 Å². The molecule has 1 atom stereocenters. The van der Waals surface area contributed by atoms with Crippen molar-refractivity contribution < 1.29 is 9.90 Å². The highest BCUT2D eigenvalue weighted by Gasteiger charge is 2.19. The lowest BCUT2D eigenvalue weighted by Gasteiger charge is -2.15. The van der Waals surface area contributed by atoms with E-state index in [1.165, 1.54) is 0 Å². The van der Waals surface area contributed by atoms with Crippen LogP contribution in [-0.4, -0.2) is 46.1 Å². The molecule has 0 aliphatic heterocycles. The second-order valence-electron chi connectivity index (χ2n) is 6.13. The molecule has 3 aromatic rings. The fourth-order valence-electron chi connectivity index (χ4n) is 2.54. The number of carbonyl (C=O) groups is 1. The van der Waals surface area contributed by atoms with Gasteiger partial charge in [-0.15, -0.1) is 11.3 Å². The van der Waals surface area contributed by atoms with Crippen molar-refractivity contribution >= 4 is 33.3 Å². The van der Waals surface area contributed by atoms with Gasteiger partial charge in [-0.1, -0.05) is 30.3 Å². The van der Waals surface area contributed by atoms with Crippen molar-refractivity contribution in [1.29, 1.82) is 0 Å². The number of benzene rings is 1. The Morgan fingerprint density at radius 2 is 2.00 bits per heavy atom. The Morgan fingerprint density at radius 1 is 1.28 bits per heavy atom. The summed E-state index contributed by atoms with van der Waals surface area (Å²) in [5, 5.41) is 15.2. The average Bonchev–Trinajstić information content (AvgIpc) is 2.99. The summed E-state index contributed by atoms with van der Waals surface area (Å²) in [6, 6.07) is 9.24. The third-order valence-electron chi connectivity index (χ3n) is 3.75. The molecular formula is C18H20N4O2S. The molecule has 2 heterocycles. The number of hydrogen-bond donors (Lipinski definition) is 2. The summed E-state index contributed by atoms with van der Waals surface area (Å²) in [6.07, 6.45) is 0. The van der Waals surface area contributed by atoms with E-state index in [-0.39, 0.29) is 0 Å². The third-order valence-corrected chi connectivity index (χ3v) is 4.62. The van der Waals surface area contributed by atoms with Gasteiger partial charge >= 0.3 is 5.97 Å². The Kier molecular flexibility index (Phi) is 4.96. The first-order valence-electron chi connectivity index (χ1n) is 7.93. The van der Waals surface area contributed by atoms with Gasteiger partial charge in [0.05, 0.1) is 11.9 Å². The van der Waals surface area contributed by atoms with Crippen LogP contribution in [0.2, 0.25) is 0 Å². The van der Waals surface area contributed by atoms with Gasteiger partial charge in [0.1, 0.15) is 22.5 Å². The second kappa shape index (κ2) is 7.16. The summed E-state index contributed by atoms with van der Waals surface area (Å²) in [4.78, 5) is 23.4. The monoisotopic (exact) mass is 356 g/mol. The van der Waals surface area contributed by atoms with E-state index >= 15 is 0 Å². The second-order valence-corrected chi connectivity index (χ2v) is 6.98. The van der Waals surface area contributed by atoms with Crippen molar-refractivity contribution in [2.75, 3.05) is 19.4 Å². The molecule has 1 aromatic carbocycles. The van der Waals surface area contributed by atoms with Gasteiger partial charge in [0, 0.05) is 10.9 Å². The normalized spacial score (nSPS) is 12.5. The molecule has 2 aromatic heterocycles. The number of aliphatic carboxylic acids is 1. The summed E-state index contributed by atoms with van der Waals surface area (Å²) < 4.78 is 0. The van der Waals surface area contributed by atoms with Gasteiger partial charge in [0.2, 0.25) is 0 Å². The Balaban J connectivity index is 2.16. The van der Waals surface area contributed by atoms with Crippen LogP contribution in [0.5, 0.6) is 0 Å². The maximum absolute atomic E-state index is 11.3. The van der Waals surface area contributed by atoms with E-state index in [2.05, 4.69) is 15.3 Å². The summed E-state index contributed by atoms with van der Waals surface area (Å²) in [5.74, 6) is 0.313. The highest BCUT2D eigenvalue weighted by molar-refractivity contribution is 7.17. The number of nitrogens with one attached hydrogen (secondary N) is 1. The zero-order chi connectivity index (χ0) is 18.0. The van der Waals surface area contributed by atoms with Crippen molar-refractivity contribution in [1.82, 2.24) is 14.9 Å². The summed E-state index contributed by atoms with van der Waals surface area (Å²) in [6.45, 7) is 2.20. The molecule has 0 amide bonds. The van der Waals surface area contributed by atoms with Crippen LogP contribution in [0.4, 0.5) is 5.82 Å². The lowest BCUT2D eigenvalue weighted by Crippen LogP contribution is -2.26. The highest BCUT2D eigenvalue weighted by atomic mass is 32.1.